The number of rotatable bonds is 6. The lowest BCUT2D eigenvalue weighted by atomic mass is 9.76. The first-order valence-electron chi connectivity index (χ1n) is 10.1. The number of carbonyl (C=O) groups excluding carboxylic acids is 1. The van der Waals surface area contributed by atoms with Gasteiger partial charge in [0.2, 0.25) is 0 Å². The number of piperidine rings is 2. The Balaban J connectivity index is 1.73. The zero-order valence-electron chi connectivity index (χ0n) is 16.5. The number of ether oxygens (including phenoxy) is 1. The summed E-state index contributed by atoms with van der Waals surface area (Å²) in [6, 6.07) is 2.08. The maximum atomic E-state index is 12.7. The van der Waals surface area contributed by atoms with E-state index < -0.39 is 5.41 Å². The first-order valence-corrected chi connectivity index (χ1v) is 10.1. The van der Waals surface area contributed by atoms with Gasteiger partial charge in [-0.15, -0.1) is 0 Å². The van der Waals surface area contributed by atoms with Crippen LogP contribution in [0.5, 0.6) is 0 Å². The van der Waals surface area contributed by atoms with Gasteiger partial charge in [-0.2, -0.15) is 0 Å². The summed E-state index contributed by atoms with van der Waals surface area (Å²) in [5.41, 5.74) is 0.531. The highest BCUT2D eigenvalue weighted by atomic mass is 16.5. The second kappa shape index (κ2) is 8.53. The van der Waals surface area contributed by atoms with E-state index in [-0.39, 0.29) is 5.97 Å². The standard InChI is InChI=1S/C20H33N3O3/c1-4-23-11-6-8-16(14-23)18-12-17(26-21-18)13-20(19(24)25-5-2)9-7-10-22(3)15-20/h12,16H,4-11,13-15H2,1-3H3/t16-,20+/m1/s1. The lowest BCUT2D eigenvalue weighted by Crippen LogP contribution is -2.48. The van der Waals surface area contributed by atoms with Crippen LogP contribution in [0.25, 0.3) is 0 Å². The molecule has 0 spiro atoms. The maximum absolute atomic E-state index is 12.7. The van der Waals surface area contributed by atoms with Crippen LogP contribution < -0.4 is 0 Å². The molecular weight excluding hydrogens is 330 g/mol. The van der Waals surface area contributed by atoms with Crippen LogP contribution in [0.15, 0.2) is 10.6 Å². The van der Waals surface area contributed by atoms with Gasteiger partial charge in [0.05, 0.1) is 17.7 Å². The Morgan fingerprint density at radius 2 is 2.23 bits per heavy atom. The molecule has 26 heavy (non-hydrogen) atoms. The second-order valence-electron chi connectivity index (χ2n) is 7.97. The molecular formula is C20H33N3O3. The van der Waals surface area contributed by atoms with E-state index in [1.807, 2.05) is 6.92 Å². The van der Waals surface area contributed by atoms with Crippen LogP contribution >= 0.6 is 0 Å². The molecule has 2 atom stereocenters. The monoisotopic (exact) mass is 363 g/mol. The Morgan fingerprint density at radius 3 is 2.96 bits per heavy atom. The van der Waals surface area contributed by atoms with E-state index in [2.05, 4.69) is 35.0 Å². The molecule has 6 heteroatoms. The third-order valence-electron chi connectivity index (χ3n) is 5.94. The van der Waals surface area contributed by atoms with Crippen molar-refractivity contribution in [2.45, 2.75) is 51.9 Å². The molecule has 0 aromatic carbocycles. The molecule has 0 saturated carbocycles. The van der Waals surface area contributed by atoms with Crippen LogP contribution in [0.2, 0.25) is 0 Å². The molecule has 2 saturated heterocycles. The average Bonchev–Trinajstić information content (AvgIpc) is 3.10. The van der Waals surface area contributed by atoms with Crippen molar-refractivity contribution >= 4 is 5.97 Å². The van der Waals surface area contributed by atoms with Gasteiger partial charge < -0.3 is 19.1 Å². The molecule has 2 fully saturated rings. The molecule has 0 unspecified atom stereocenters. The van der Waals surface area contributed by atoms with E-state index in [4.69, 9.17) is 9.26 Å². The molecule has 2 aliphatic rings. The third-order valence-corrected chi connectivity index (χ3v) is 5.94. The SMILES string of the molecule is CCOC(=O)[C@]1(Cc2cc([C@@H]3CCCN(CC)C3)no2)CCCN(C)C1. The van der Waals surface area contributed by atoms with Crippen molar-refractivity contribution in [3.05, 3.63) is 17.5 Å². The smallest absolute Gasteiger partial charge is 0.313 e. The Bertz CT molecular complexity index is 603. The highest BCUT2D eigenvalue weighted by Crippen LogP contribution is 2.36. The van der Waals surface area contributed by atoms with E-state index in [1.165, 1.54) is 13.0 Å². The second-order valence-corrected chi connectivity index (χ2v) is 7.97. The zero-order valence-corrected chi connectivity index (χ0v) is 16.5. The van der Waals surface area contributed by atoms with E-state index in [0.29, 0.717) is 18.9 Å². The van der Waals surface area contributed by atoms with Crippen LogP contribution in [-0.4, -0.2) is 67.3 Å². The van der Waals surface area contributed by atoms with Gasteiger partial charge in [-0.1, -0.05) is 12.1 Å². The number of carbonyl (C=O) groups is 1. The summed E-state index contributed by atoms with van der Waals surface area (Å²) >= 11 is 0. The molecule has 0 bridgehead atoms. The minimum absolute atomic E-state index is 0.0978. The van der Waals surface area contributed by atoms with Gasteiger partial charge >= 0.3 is 5.97 Å². The fourth-order valence-electron chi connectivity index (χ4n) is 4.55. The molecule has 3 rings (SSSR count). The van der Waals surface area contributed by atoms with E-state index >= 15 is 0 Å². The topological polar surface area (TPSA) is 58.8 Å². The summed E-state index contributed by atoms with van der Waals surface area (Å²) in [6.07, 6.45) is 4.80. The predicted octanol–water partition coefficient (Wildman–Crippen LogP) is 2.69. The Labute approximate surface area is 156 Å². The largest absolute Gasteiger partial charge is 0.466 e. The van der Waals surface area contributed by atoms with Crippen molar-refractivity contribution in [2.75, 3.05) is 46.4 Å². The van der Waals surface area contributed by atoms with Crippen molar-refractivity contribution in [3.8, 4) is 0 Å². The van der Waals surface area contributed by atoms with Gasteiger partial charge in [0.1, 0.15) is 5.76 Å². The van der Waals surface area contributed by atoms with E-state index in [0.717, 1.165) is 56.9 Å². The molecule has 3 heterocycles. The van der Waals surface area contributed by atoms with Crippen LogP contribution in [0, 0.1) is 5.41 Å². The molecule has 2 aliphatic heterocycles. The summed E-state index contributed by atoms with van der Waals surface area (Å²) in [5.74, 6) is 1.16. The fourth-order valence-corrected chi connectivity index (χ4v) is 4.55. The van der Waals surface area contributed by atoms with Crippen molar-refractivity contribution in [1.82, 2.24) is 15.0 Å². The first kappa shape index (κ1) is 19.4. The quantitative estimate of drug-likeness (QED) is 0.724. The first-order chi connectivity index (χ1) is 12.6. The number of esters is 1. The van der Waals surface area contributed by atoms with Crippen molar-refractivity contribution < 1.29 is 14.1 Å². The van der Waals surface area contributed by atoms with Crippen LogP contribution in [0.1, 0.15) is 56.9 Å². The molecule has 0 aliphatic carbocycles. The number of hydrogen-bond donors (Lipinski definition) is 0. The highest BCUT2D eigenvalue weighted by molar-refractivity contribution is 5.77. The minimum atomic E-state index is -0.512. The summed E-state index contributed by atoms with van der Waals surface area (Å²) in [5, 5.41) is 4.36. The summed E-state index contributed by atoms with van der Waals surface area (Å²) in [6.45, 7) is 9.55. The molecule has 0 amide bonds. The predicted molar refractivity (Wildman–Crippen MR) is 100 cm³/mol. The molecule has 1 aromatic rings. The molecule has 1 aromatic heterocycles. The number of likely N-dealkylation sites (tertiary alicyclic amines) is 2. The van der Waals surface area contributed by atoms with Gasteiger partial charge in [0.15, 0.2) is 0 Å². The third kappa shape index (κ3) is 4.29. The van der Waals surface area contributed by atoms with Gasteiger partial charge in [0.25, 0.3) is 0 Å². The van der Waals surface area contributed by atoms with Gasteiger partial charge in [-0.25, -0.2) is 0 Å². The highest BCUT2D eigenvalue weighted by Gasteiger charge is 2.44. The van der Waals surface area contributed by atoms with E-state index in [1.54, 1.807) is 0 Å². The number of hydrogen-bond acceptors (Lipinski definition) is 6. The summed E-state index contributed by atoms with van der Waals surface area (Å²) in [7, 11) is 2.07. The van der Waals surface area contributed by atoms with Crippen LogP contribution in [-0.2, 0) is 16.0 Å². The van der Waals surface area contributed by atoms with E-state index in [9.17, 15) is 4.79 Å². The molecule has 146 valence electrons. The van der Waals surface area contributed by atoms with Crippen molar-refractivity contribution in [1.29, 1.82) is 0 Å². The van der Waals surface area contributed by atoms with Crippen molar-refractivity contribution in [2.24, 2.45) is 5.41 Å². The fraction of sp³-hybridized carbons (Fsp3) is 0.800. The molecule has 6 nitrogen and oxygen atoms in total. The van der Waals surface area contributed by atoms with Crippen molar-refractivity contribution in [3.63, 3.8) is 0 Å². The lowest BCUT2D eigenvalue weighted by Gasteiger charge is -2.38. The number of nitrogens with zero attached hydrogens (tertiary/aromatic N) is 3. The zero-order chi connectivity index (χ0) is 18.6. The molecule has 0 N–H and O–H groups in total. The summed E-state index contributed by atoms with van der Waals surface area (Å²) < 4.78 is 11.1. The normalized spacial score (nSPS) is 28.2. The Hall–Kier alpha value is -1.40. The minimum Gasteiger partial charge on any atom is -0.466 e. The van der Waals surface area contributed by atoms with Gasteiger partial charge in [-0.3, -0.25) is 4.79 Å². The van der Waals surface area contributed by atoms with Crippen LogP contribution in [0.4, 0.5) is 0 Å². The van der Waals surface area contributed by atoms with Gasteiger partial charge in [-0.05, 0) is 59.3 Å². The Kier molecular flexibility index (Phi) is 6.35. The number of likely N-dealkylation sites (N-methyl/N-ethyl adjacent to an activating group) is 1. The molecule has 0 radical (unpaired) electrons. The van der Waals surface area contributed by atoms with Crippen LogP contribution in [0.3, 0.4) is 0 Å². The van der Waals surface area contributed by atoms with Gasteiger partial charge in [0, 0.05) is 31.5 Å². The average molecular weight is 364 g/mol. The summed E-state index contributed by atoms with van der Waals surface area (Å²) in [4.78, 5) is 17.4. The lowest BCUT2D eigenvalue weighted by molar-refractivity contribution is -0.159. The number of aromatic nitrogens is 1. The Morgan fingerprint density at radius 1 is 1.38 bits per heavy atom. The maximum Gasteiger partial charge on any atom is 0.313 e.